The molecule has 3 fully saturated rings. The molecule has 3 heterocycles. The second-order valence-corrected chi connectivity index (χ2v) is 14.6. The van der Waals surface area contributed by atoms with Gasteiger partial charge in [-0.15, -0.1) is 24.9 Å². The number of amides is 3. The molecule has 3 amide bonds. The molecule has 8 heteroatoms. The molecule has 0 radical (unpaired) electrons. The van der Waals surface area contributed by atoms with Crippen LogP contribution in [0.5, 0.6) is 0 Å². The van der Waals surface area contributed by atoms with E-state index in [1.807, 2.05) is 76.2 Å². The molecule has 1 spiro atoms. The summed E-state index contributed by atoms with van der Waals surface area (Å²) in [6.45, 7) is 18.4. The highest BCUT2D eigenvalue weighted by Crippen LogP contribution is 2.69. The molecule has 2 aromatic rings. The number of aliphatic hydroxyl groups excluding tert-OH is 1. The molecule has 45 heavy (non-hydrogen) atoms. The number of nitrogens with zero attached hydrogens (tertiary/aromatic N) is 3. The summed E-state index contributed by atoms with van der Waals surface area (Å²) in [5.41, 5.74) is 3.52. The van der Waals surface area contributed by atoms with E-state index in [9.17, 15) is 14.7 Å². The summed E-state index contributed by atoms with van der Waals surface area (Å²) in [5.74, 6) is -1.81. The Labute approximate surface area is 272 Å². The first-order chi connectivity index (χ1) is 21.6. The first kappa shape index (κ1) is 33.0. The number of rotatable bonds is 12. The fraction of sp³-hybridized carbons (Fsp3) is 0.486. The lowest BCUT2D eigenvalue weighted by Crippen LogP contribution is -2.60. The van der Waals surface area contributed by atoms with E-state index in [0.29, 0.717) is 6.54 Å². The van der Waals surface area contributed by atoms with Crippen molar-refractivity contribution in [2.75, 3.05) is 29.5 Å². The Hall–Kier alpha value is -3.36. The van der Waals surface area contributed by atoms with Crippen molar-refractivity contribution in [3.05, 3.63) is 85.0 Å². The van der Waals surface area contributed by atoms with E-state index in [2.05, 4.69) is 20.1 Å². The Morgan fingerprint density at radius 3 is 2.38 bits per heavy atom. The molecule has 0 saturated carbocycles. The maximum absolute atomic E-state index is 15.2. The second kappa shape index (κ2) is 13.2. The number of fused-ring (bicyclic) bond motifs is 1. The van der Waals surface area contributed by atoms with Crippen molar-refractivity contribution < 1.29 is 19.5 Å². The first-order valence-corrected chi connectivity index (χ1v) is 17.0. The first-order valence-electron chi connectivity index (χ1n) is 16.1. The van der Waals surface area contributed by atoms with Crippen LogP contribution in [0.25, 0.3) is 0 Å². The number of thioether (sulfide) groups is 1. The molecule has 2 bridgehead atoms. The van der Waals surface area contributed by atoms with E-state index < -0.39 is 28.7 Å². The summed E-state index contributed by atoms with van der Waals surface area (Å²) in [5, 5.41) is 10.7. The Kier molecular flexibility index (Phi) is 9.66. The van der Waals surface area contributed by atoms with Crippen LogP contribution in [0, 0.1) is 37.5 Å². The van der Waals surface area contributed by atoms with Crippen LogP contribution in [0.2, 0.25) is 0 Å². The Morgan fingerprint density at radius 1 is 1.09 bits per heavy atom. The molecule has 240 valence electrons. The number of hydrogen-bond donors (Lipinski definition) is 1. The van der Waals surface area contributed by atoms with Crippen LogP contribution in [-0.2, 0) is 14.4 Å². The van der Waals surface area contributed by atoms with E-state index in [1.165, 1.54) is 0 Å². The zero-order valence-electron chi connectivity index (χ0n) is 27.2. The van der Waals surface area contributed by atoms with Gasteiger partial charge in [0.25, 0.3) is 5.91 Å². The predicted molar refractivity (Wildman–Crippen MR) is 183 cm³/mol. The van der Waals surface area contributed by atoms with Crippen molar-refractivity contribution in [3.63, 3.8) is 0 Å². The molecular weight excluding hydrogens is 582 g/mol. The van der Waals surface area contributed by atoms with Gasteiger partial charge in [-0.05, 0) is 61.4 Å². The number of anilines is 2. The lowest BCUT2D eigenvalue weighted by atomic mass is 9.65. The average molecular weight is 630 g/mol. The highest BCUT2D eigenvalue weighted by molar-refractivity contribution is 8.02. The normalized spacial score (nSPS) is 28.0. The summed E-state index contributed by atoms with van der Waals surface area (Å²) in [6.07, 6.45) is 4.89. The standard InChI is InChI=1S/C37H47N3O4S/c1-8-18-38(27-14-12-11-13-15-27)34(42)31-30-21-26(7)37(45-30)32(31)35(43)40(29(22-41)24(5)10-3)33(37)36(44)39(19-9-2)28-20-23(4)16-17-25(28)6/h8-9,11-17,20,24,26,29-33,41H,1-2,10,18-19,21-22H2,3-7H3/t24-,26?,29-,30+,31-,32-,33?,37?/m0/s1. The molecule has 3 aliphatic heterocycles. The van der Waals surface area contributed by atoms with E-state index in [1.54, 1.807) is 38.6 Å². The minimum absolute atomic E-state index is 0.00879. The van der Waals surface area contributed by atoms with Crippen LogP contribution in [0.1, 0.15) is 44.7 Å². The van der Waals surface area contributed by atoms with E-state index >= 15 is 4.79 Å². The van der Waals surface area contributed by atoms with Crippen molar-refractivity contribution in [2.24, 2.45) is 23.7 Å². The van der Waals surface area contributed by atoms with Crippen molar-refractivity contribution in [1.29, 1.82) is 0 Å². The largest absolute Gasteiger partial charge is 0.394 e. The number of carbonyl (C=O) groups is 3. The maximum atomic E-state index is 15.2. The maximum Gasteiger partial charge on any atom is 0.251 e. The minimum Gasteiger partial charge on any atom is -0.394 e. The molecule has 3 aliphatic rings. The highest BCUT2D eigenvalue weighted by atomic mass is 32.2. The number of aryl methyl sites for hydroxylation is 2. The fourth-order valence-electron chi connectivity index (χ4n) is 8.03. The van der Waals surface area contributed by atoms with Crippen molar-refractivity contribution >= 4 is 40.9 Å². The van der Waals surface area contributed by atoms with Gasteiger partial charge in [0.15, 0.2) is 0 Å². The van der Waals surface area contributed by atoms with Gasteiger partial charge in [0.2, 0.25) is 11.8 Å². The Balaban J connectivity index is 1.67. The van der Waals surface area contributed by atoms with Crippen molar-refractivity contribution in [2.45, 2.75) is 69.5 Å². The van der Waals surface area contributed by atoms with Gasteiger partial charge in [0.05, 0.1) is 29.2 Å². The number of benzene rings is 2. The second-order valence-electron chi connectivity index (χ2n) is 13.0. The van der Waals surface area contributed by atoms with E-state index in [4.69, 9.17) is 0 Å². The molecule has 3 saturated heterocycles. The molecular formula is C37H47N3O4S. The molecule has 7 nitrogen and oxygen atoms in total. The van der Waals surface area contributed by atoms with Crippen LogP contribution < -0.4 is 9.80 Å². The van der Waals surface area contributed by atoms with Gasteiger partial charge in [-0.25, -0.2) is 0 Å². The van der Waals surface area contributed by atoms with Crippen LogP contribution in [-0.4, -0.2) is 69.5 Å². The third-order valence-electron chi connectivity index (χ3n) is 10.4. The molecule has 1 N–H and O–H groups in total. The van der Waals surface area contributed by atoms with Gasteiger partial charge in [0, 0.05) is 29.7 Å². The molecule has 2 aromatic carbocycles. The van der Waals surface area contributed by atoms with Gasteiger partial charge < -0.3 is 19.8 Å². The lowest BCUT2D eigenvalue weighted by molar-refractivity contribution is -0.143. The minimum atomic E-state index is -0.839. The van der Waals surface area contributed by atoms with E-state index in [-0.39, 0.29) is 48.0 Å². The van der Waals surface area contributed by atoms with Gasteiger partial charge in [-0.3, -0.25) is 14.4 Å². The van der Waals surface area contributed by atoms with Gasteiger partial charge in [-0.1, -0.05) is 69.7 Å². The molecule has 5 rings (SSSR count). The number of hydrogen-bond acceptors (Lipinski definition) is 5. The van der Waals surface area contributed by atoms with Crippen LogP contribution in [0.15, 0.2) is 73.8 Å². The SMILES string of the molecule is C=CCN(C(=O)[C@@H]1[C@H]2C(=O)N([C@@H](CO)[C@@H](C)CC)C(C(=O)N(CC=C)c3cc(C)ccc3C)C23S[C@@H]1CC3C)c1ccccc1. The third kappa shape index (κ3) is 5.34. The van der Waals surface area contributed by atoms with Gasteiger partial charge >= 0.3 is 0 Å². The molecule has 8 atom stereocenters. The fourth-order valence-corrected chi connectivity index (χ4v) is 10.4. The van der Waals surface area contributed by atoms with Gasteiger partial charge in [0.1, 0.15) is 6.04 Å². The van der Waals surface area contributed by atoms with Crippen LogP contribution >= 0.6 is 11.8 Å². The number of para-hydroxylation sites is 1. The molecule has 0 aromatic heterocycles. The predicted octanol–water partition coefficient (Wildman–Crippen LogP) is 5.79. The molecule has 3 unspecified atom stereocenters. The summed E-state index contributed by atoms with van der Waals surface area (Å²) < 4.78 is -0.812. The number of aliphatic hydroxyl groups is 1. The summed E-state index contributed by atoms with van der Waals surface area (Å²) in [6, 6.07) is 14.1. The van der Waals surface area contributed by atoms with Crippen molar-refractivity contribution in [3.8, 4) is 0 Å². The van der Waals surface area contributed by atoms with Gasteiger partial charge in [-0.2, -0.15) is 0 Å². The average Bonchev–Trinajstić information content (AvgIpc) is 3.63. The zero-order chi connectivity index (χ0) is 32.6. The summed E-state index contributed by atoms with van der Waals surface area (Å²) in [4.78, 5) is 49.9. The summed E-state index contributed by atoms with van der Waals surface area (Å²) in [7, 11) is 0. The van der Waals surface area contributed by atoms with Crippen LogP contribution in [0.4, 0.5) is 11.4 Å². The number of likely N-dealkylation sites (tertiary alicyclic amines) is 1. The van der Waals surface area contributed by atoms with E-state index in [0.717, 1.165) is 35.3 Å². The monoisotopic (exact) mass is 629 g/mol. The number of carbonyl (C=O) groups excluding carboxylic acids is 3. The quantitative estimate of drug-likeness (QED) is 0.301. The highest BCUT2D eigenvalue weighted by Gasteiger charge is 2.77. The topological polar surface area (TPSA) is 81.2 Å². The lowest BCUT2D eigenvalue weighted by Gasteiger charge is -2.43. The Morgan fingerprint density at radius 2 is 1.76 bits per heavy atom. The summed E-state index contributed by atoms with van der Waals surface area (Å²) >= 11 is 1.66. The zero-order valence-corrected chi connectivity index (χ0v) is 28.0. The Bertz CT molecular complexity index is 1460. The van der Waals surface area contributed by atoms with Crippen molar-refractivity contribution in [1.82, 2.24) is 4.90 Å². The molecule has 0 aliphatic carbocycles. The van der Waals surface area contributed by atoms with Crippen LogP contribution in [0.3, 0.4) is 0 Å². The smallest absolute Gasteiger partial charge is 0.251 e. The third-order valence-corrected chi connectivity index (χ3v) is 12.5.